The van der Waals surface area contributed by atoms with Crippen LogP contribution in [0.5, 0.6) is 11.5 Å². The predicted octanol–water partition coefficient (Wildman–Crippen LogP) is 2.33. The fourth-order valence-electron chi connectivity index (χ4n) is 3.03. The maximum Gasteiger partial charge on any atom is 0.343 e. The van der Waals surface area contributed by atoms with E-state index in [4.69, 9.17) is 26.8 Å². The Labute approximate surface area is 208 Å². The number of anilines is 1. The minimum Gasteiger partial charge on any atom is -0.493 e. The van der Waals surface area contributed by atoms with Crippen LogP contribution in [-0.2, 0) is 0 Å². The molecule has 0 atom stereocenters. The summed E-state index contributed by atoms with van der Waals surface area (Å²) in [5.41, 5.74) is 12.4. The van der Waals surface area contributed by atoms with Crippen molar-refractivity contribution >= 4 is 35.0 Å². The first kappa shape index (κ1) is 24.2. The van der Waals surface area contributed by atoms with Crippen LogP contribution in [-0.4, -0.2) is 44.3 Å². The van der Waals surface area contributed by atoms with Gasteiger partial charge in [-0.15, -0.1) is 5.10 Å². The van der Waals surface area contributed by atoms with Gasteiger partial charge in [0.1, 0.15) is 0 Å². The van der Waals surface area contributed by atoms with Crippen molar-refractivity contribution in [2.24, 2.45) is 0 Å². The summed E-state index contributed by atoms with van der Waals surface area (Å²) in [6.45, 7) is 5.51. The zero-order valence-corrected chi connectivity index (χ0v) is 19.7. The second-order valence-electron chi connectivity index (χ2n) is 7.23. The van der Waals surface area contributed by atoms with Crippen LogP contribution >= 0.6 is 11.6 Å². The van der Waals surface area contributed by atoms with E-state index in [0.717, 1.165) is 0 Å². The Balaban J connectivity index is 1.42. The summed E-state index contributed by atoms with van der Waals surface area (Å²) in [5.74, 6) is -0.574. The Bertz CT molecular complexity index is 1450. The molecule has 0 radical (unpaired) electrons. The molecule has 14 heteroatoms. The van der Waals surface area contributed by atoms with Gasteiger partial charge in [0, 0.05) is 10.6 Å². The van der Waals surface area contributed by atoms with Crippen molar-refractivity contribution in [3.05, 3.63) is 76.6 Å². The minimum atomic E-state index is -0.588. The van der Waals surface area contributed by atoms with Gasteiger partial charge in [0.25, 0.3) is 5.91 Å². The van der Waals surface area contributed by atoms with Gasteiger partial charge in [0.05, 0.1) is 24.1 Å². The van der Waals surface area contributed by atoms with Crippen molar-refractivity contribution in [1.82, 2.24) is 36.2 Å². The second-order valence-corrected chi connectivity index (χ2v) is 7.66. The van der Waals surface area contributed by atoms with Crippen LogP contribution in [0.25, 0.3) is 11.5 Å². The molecule has 1 amide bonds. The molecule has 4 aromatic rings. The van der Waals surface area contributed by atoms with Crippen molar-refractivity contribution in [2.75, 3.05) is 12.8 Å². The highest BCUT2D eigenvalue weighted by Gasteiger charge is 2.21. The zero-order chi connectivity index (χ0) is 25.8. The third-order valence-corrected chi connectivity index (χ3v) is 5.18. The van der Waals surface area contributed by atoms with Crippen LogP contribution in [0.2, 0.25) is 5.02 Å². The van der Waals surface area contributed by atoms with Gasteiger partial charge in [0.15, 0.2) is 17.2 Å². The maximum atomic E-state index is 12.6. The number of esters is 1. The second kappa shape index (κ2) is 10.1. The predicted molar refractivity (Wildman–Crippen MR) is 127 cm³/mol. The van der Waals surface area contributed by atoms with E-state index in [1.807, 2.05) is 0 Å². The number of ether oxygens (including phenoxy) is 2. The van der Waals surface area contributed by atoms with E-state index in [1.165, 1.54) is 11.8 Å². The molecule has 2 aromatic carbocycles. The summed E-state index contributed by atoms with van der Waals surface area (Å²) in [4.78, 5) is 25.0. The molecule has 0 aliphatic heterocycles. The number of nitrogens with two attached hydrogens (primary N) is 1. The molecule has 0 aliphatic rings. The lowest BCUT2D eigenvalue weighted by Crippen LogP contribution is -2.36. The number of aromatic nitrogens is 5. The summed E-state index contributed by atoms with van der Waals surface area (Å²) in [6, 6.07) is 11.1. The first-order chi connectivity index (χ1) is 17.3. The number of hydrazine groups is 1. The number of hydrogen-bond acceptors (Lipinski definition) is 11. The average molecular weight is 511 g/mol. The van der Waals surface area contributed by atoms with Crippen molar-refractivity contribution < 1.29 is 23.7 Å². The van der Waals surface area contributed by atoms with Crippen LogP contribution in [0.3, 0.4) is 0 Å². The monoisotopic (exact) mass is 510 g/mol. The summed E-state index contributed by atoms with van der Waals surface area (Å²) in [7, 11) is 1.43. The number of methoxy groups -OCH3 is 1. The molecular formula is C22H19ClN8O5. The van der Waals surface area contributed by atoms with E-state index < -0.39 is 11.9 Å². The summed E-state index contributed by atoms with van der Waals surface area (Å²) in [5, 5.41) is 15.3. The summed E-state index contributed by atoms with van der Waals surface area (Å²) in [6.07, 6.45) is 0. The van der Waals surface area contributed by atoms with Crippen molar-refractivity contribution in [3.8, 4) is 17.3 Å². The molecule has 0 unspecified atom stereocenters. The van der Waals surface area contributed by atoms with Crippen LogP contribution < -0.4 is 26.1 Å². The third-order valence-electron chi connectivity index (χ3n) is 4.93. The van der Waals surface area contributed by atoms with E-state index in [2.05, 4.69) is 42.7 Å². The molecule has 4 N–H and O–H groups in total. The molecule has 13 nitrogen and oxygen atoms in total. The van der Waals surface area contributed by atoms with Crippen molar-refractivity contribution in [2.45, 2.75) is 6.92 Å². The highest BCUT2D eigenvalue weighted by atomic mass is 35.5. The van der Waals surface area contributed by atoms with Gasteiger partial charge in [-0.25, -0.2) is 9.42 Å². The molecule has 2 heterocycles. The third kappa shape index (κ3) is 4.95. The quantitative estimate of drug-likeness (QED) is 0.180. The number of carbonyl (C=O) groups excluding carboxylic acids is 2. The molecule has 0 aliphatic carbocycles. The number of amides is 1. The summed E-state index contributed by atoms with van der Waals surface area (Å²) >= 11 is 5.85. The number of nitrogen functional groups attached to an aromatic ring is 1. The number of hydrogen-bond donors (Lipinski definition) is 3. The van der Waals surface area contributed by atoms with Crippen LogP contribution in [0, 0.1) is 6.92 Å². The lowest BCUT2D eigenvalue weighted by molar-refractivity contribution is 0.0729. The molecule has 2 aromatic heterocycles. The SMILES string of the molecule is C=C(NNC(=O)c1nnn(-c2nonc2N)c1C)c1ccc(OC(=O)c2ccc(Cl)cc2)c(OC)c1. The number of nitrogens with zero attached hydrogens (tertiary/aromatic N) is 5. The van der Waals surface area contributed by atoms with Crippen molar-refractivity contribution in [1.29, 1.82) is 0 Å². The average Bonchev–Trinajstić information content (AvgIpc) is 3.47. The van der Waals surface area contributed by atoms with E-state index in [0.29, 0.717) is 27.5 Å². The zero-order valence-electron chi connectivity index (χ0n) is 19.0. The van der Waals surface area contributed by atoms with Gasteiger partial charge in [-0.1, -0.05) is 23.4 Å². The smallest absolute Gasteiger partial charge is 0.343 e. The van der Waals surface area contributed by atoms with Gasteiger partial charge in [0.2, 0.25) is 11.6 Å². The number of nitrogens with one attached hydrogen (secondary N) is 2. The van der Waals surface area contributed by atoms with Gasteiger partial charge in [-0.3, -0.25) is 15.6 Å². The normalized spacial score (nSPS) is 10.5. The van der Waals surface area contributed by atoms with Gasteiger partial charge >= 0.3 is 5.97 Å². The van der Waals surface area contributed by atoms with Crippen LogP contribution in [0.1, 0.15) is 32.1 Å². The highest BCUT2D eigenvalue weighted by Crippen LogP contribution is 2.30. The lowest BCUT2D eigenvalue weighted by Gasteiger charge is -2.14. The molecule has 184 valence electrons. The first-order valence-electron chi connectivity index (χ1n) is 10.2. The molecule has 0 saturated carbocycles. The minimum absolute atomic E-state index is 0.00213. The molecule has 36 heavy (non-hydrogen) atoms. The van der Waals surface area contributed by atoms with Gasteiger partial charge in [-0.05, 0) is 59.7 Å². The number of rotatable bonds is 8. The first-order valence-corrected chi connectivity index (χ1v) is 10.6. The molecule has 0 fully saturated rings. The largest absolute Gasteiger partial charge is 0.493 e. The maximum absolute atomic E-state index is 12.6. The Kier molecular flexibility index (Phi) is 6.83. The van der Waals surface area contributed by atoms with Crippen LogP contribution in [0.4, 0.5) is 5.82 Å². The number of halogens is 1. The topological polar surface area (TPSA) is 172 Å². The molecule has 0 saturated heterocycles. The number of benzene rings is 2. The van der Waals surface area contributed by atoms with E-state index in [9.17, 15) is 9.59 Å². The molecule has 4 rings (SSSR count). The standard InChI is InChI=1S/C22H19ClN8O5/c1-11(25-27-21(32)18-12(2)31(30-26-18)20-19(24)28-36-29-20)14-6-9-16(17(10-14)34-3)35-22(33)13-4-7-15(23)8-5-13/h4-10,25H,1H2,2-3H3,(H2,24,28)(H,27,32). The Morgan fingerprint density at radius 3 is 2.47 bits per heavy atom. The molecule has 0 bridgehead atoms. The Morgan fingerprint density at radius 2 is 1.81 bits per heavy atom. The fourth-order valence-corrected chi connectivity index (χ4v) is 3.15. The van der Waals surface area contributed by atoms with Gasteiger partial charge in [-0.2, -0.15) is 4.68 Å². The summed E-state index contributed by atoms with van der Waals surface area (Å²) < 4.78 is 16.6. The molecular weight excluding hydrogens is 492 g/mol. The van der Waals surface area contributed by atoms with Gasteiger partial charge < -0.3 is 15.2 Å². The Hall–Kier alpha value is -4.91. The molecule has 0 spiro atoms. The highest BCUT2D eigenvalue weighted by molar-refractivity contribution is 6.30. The lowest BCUT2D eigenvalue weighted by atomic mass is 10.1. The van der Waals surface area contributed by atoms with E-state index >= 15 is 0 Å². The van der Waals surface area contributed by atoms with E-state index in [-0.39, 0.29) is 28.8 Å². The van der Waals surface area contributed by atoms with Crippen LogP contribution in [0.15, 0.2) is 53.7 Å². The van der Waals surface area contributed by atoms with Crippen molar-refractivity contribution in [3.63, 3.8) is 0 Å². The fraction of sp³-hybridized carbons (Fsp3) is 0.0909. The number of carbonyl (C=O) groups is 2. The Morgan fingerprint density at radius 1 is 1.08 bits per heavy atom. The van der Waals surface area contributed by atoms with E-state index in [1.54, 1.807) is 49.4 Å².